The molecule has 1 aliphatic carbocycles. The van der Waals surface area contributed by atoms with Crippen LogP contribution in [-0.4, -0.2) is 69.6 Å². The first-order valence-corrected chi connectivity index (χ1v) is 17.0. The average Bonchev–Trinajstić information content (AvgIpc) is 3.54. The van der Waals surface area contributed by atoms with Crippen LogP contribution in [0.15, 0.2) is 48.7 Å². The van der Waals surface area contributed by atoms with Gasteiger partial charge in [-0.05, 0) is 89.6 Å². The van der Waals surface area contributed by atoms with E-state index in [0.29, 0.717) is 47.5 Å². The van der Waals surface area contributed by atoms with Gasteiger partial charge in [-0.15, -0.1) is 0 Å². The van der Waals surface area contributed by atoms with Crippen molar-refractivity contribution in [1.29, 1.82) is 0 Å². The number of benzene rings is 2. The number of nitrogens with zero attached hydrogens (tertiary/aromatic N) is 3. The predicted octanol–water partition coefficient (Wildman–Crippen LogP) is 6.21. The number of piperidine rings is 1. The fourth-order valence-electron chi connectivity index (χ4n) is 5.90. The number of carbonyl (C=O) groups is 3. The summed E-state index contributed by atoms with van der Waals surface area (Å²) < 4.78 is 11.2. The number of hydrogen-bond acceptors (Lipinski definition) is 10. The molecule has 1 aromatic heterocycles. The van der Waals surface area contributed by atoms with Crippen molar-refractivity contribution in [3.8, 4) is 11.3 Å². The Balaban J connectivity index is 1.22. The van der Waals surface area contributed by atoms with E-state index in [1.165, 1.54) is 4.90 Å². The normalized spacial score (nSPS) is 18.5. The van der Waals surface area contributed by atoms with Gasteiger partial charge in [0.2, 0.25) is 0 Å². The number of rotatable bonds is 10. The Bertz CT molecular complexity index is 1620. The van der Waals surface area contributed by atoms with E-state index in [4.69, 9.17) is 43.4 Å². The molecule has 48 heavy (non-hydrogen) atoms. The molecule has 1 unspecified atom stereocenters. The van der Waals surface area contributed by atoms with Crippen LogP contribution in [0.25, 0.3) is 11.3 Å². The number of hydrogen-bond donors (Lipinski definition) is 3. The molecule has 0 radical (unpaired) electrons. The summed E-state index contributed by atoms with van der Waals surface area (Å²) >= 11 is 12.6. The second-order valence-electron chi connectivity index (χ2n) is 13.1. The first kappa shape index (κ1) is 35.4. The minimum atomic E-state index is -1.35. The van der Waals surface area contributed by atoms with Crippen LogP contribution in [0.5, 0.6) is 0 Å². The molecule has 1 aliphatic heterocycles. The van der Waals surface area contributed by atoms with Crippen LogP contribution >= 0.6 is 23.2 Å². The molecule has 4 N–H and O–H groups in total. The number of nitrogen functional groups attached to an aromatic ring is 1. The summed E-state index contributed by atoms with van der Waals surface area (Å²) in [5.41, 5.74) is 8.54. The van der Waals surface area contributed by atoms with Crippen molar-refractivity contribution in [3.63, 3.8) is 0 Å². The summed E-state index contributed by atoms with van der Waals surface area (Å²) in [5, 5.41) is 7.57. The molecule has 5 rings (SSSR count). The molecule has 1 amide bonds. The minimum absolute atomic E-state index is 0.188. The fraction of sp³-hybridized carbons (Fsp3) is 0.457. The monoisotopic (exact) mass is 696 g/mol. The first-order valence-electron chi connectivity index (χ1n) is 16.3. The highest BCUT2D eigenvalue weighted by Gasteiger charge is 2.46. The van der Waals surface area contributed by atoms with Crippen molar-refractivity contribution in [2.24, 2.45) is 0 Å². The zero-order valence-corrected chi connectivity index (χ0v) is 28.9. The summed E-state index contributed by atoms with van der Waals surface area (Å²) in [5.74, 6) is -0.424. The Morgan fingerprint density at radius 3 is 2.48 bits per heavy atom. The van der Waals surface area contributed by atoms with Crippen molar-refractivity contribution in [2.45, 2.75) is 89.6 Å². The molecule has 13 heteroatoms. The Morgan fingerprint density at radius 2 is 1.77 bits per heavy atom. The van der Waals surface area contributed by atoms with Crippen LogP contribution in [0.4, 0.5) is 16.4 Å². The smallest absolute Gasteiger partial charge is 0.411 e. The van der Waals surface area contributed by atoms with Crippen molar-refractivity contribution < 1.29 is 23.9 Å². The lowest BCUT2D eigenvalue weighted by molar-refractivity contribution is -0.160. The number of halogens is 2. The molecule has 11 nitrogen and oxygen atoms in total. The van der Waals surface area contributed by atoms with E-state index >= 15 is 0 Å². The van der Waals surface area contributed by atoms with E-state index in [2.05, 4.69) is 15.6 Å². The number of likely N-dealkylation sites (tertiary alicyclic amines) is 1. The highest BCUT2D eigenvalue weighted by atomic mass is 35.5. The van der Waals surface area contributed by atoms with Crippen molar-refractivity contribution in [3.05, 3.63) is 69.8 Å². The fourth-order valence-corrected chi connectivity index (χ4v) is 6.43. The highest BCUT2D eigenvalue weighted by molar-refractivity contribution is 6.36. The van der Waals surface area contributed by atoms with Gasteiger partial charge in [0, 0.05) is 34.3 Å². The number of Topliss-reactive ketones (excluding diaryl/α,β-unsaturated/α-hetero) is 1. The molecule has 2 aromatic carbocycles. The average molecular weight is 698 g/mol. The standard InChI is InChI=1S/C35H42Cl2N6O5/c1-35(2,3)48-34(46)43-17-15-27(30(44)29(43)33(45)47-23-10-4-5-11-23)39-16-14-21-8-6-9-22(18-21)28-20-40-31(38)32(42-28)41-19-24-25(36)12-7-13-26(24)37/h6-9,12-13,18,20,23,27,29,39H,4-5,10-11,14-17,19H2,1-3H3,(H2,38,40)(H,41,42)/t27?,29-/m1/s1. The van der Waals surface area contributed by atoms with E-state index in [9.17, 15) is 14.4 Å². The van der Waals surface area contributed by atoms with Crippen LogP contribution in [0, 0.1) is 0 Å². The van der Waals surface area contributed by atoms with Crippen LogP contribution < -0.4 is 16.4 Å². The Morgan fingerprint density at radius 1 is 1.06 bits per heavy atom. The van der Waals surface area contributed by atoms with E-state index in [-0.39, 0.29) is 24.2 Å². The second-order valence-corrected chi connectivity index (χ2v) is 13.9. The van der Waals surface area contributed by atoms with Gasteiger partial charge >= 0.3 is 12.1 Å². The number of nitrogens with two attached hydrogens (primary N) is 1. The summed E-state index contributed by atoms with van der Waals surface area (Å²) in [6.07, 6.45) is 5.10. The van der Waals surface area contributed by atoms with E-state index in [0.717, 1.165) is 42.4 Å². The molecule has 2 atom stereocenters. The zero-order chi connectivity index (χ0) is 34.4. The molecule has 256 valence electrons. The lowest BCUT2D eigenvalue weighted by Crippen LogP contribution is -2.62. The molecule has 2 aliphatic rings. The molecule has 0 spiro atoms. The maximum absolute atomic E-state index is 13.7. The highest BCUT2D eigenvalue weighted by Crippen LogP contribution is 2.28. The SMILES string of the molecule is CC(C)(C)OC(=O)N1CCC(NCCc2cccc(-c3cnc(N)c(NCc4c(Cl)cccc4Cl)n3)c2)C(=O)[C@@H]1C(=O)OC1CCCC1. The van der Waals surface area contributed by atoms with Crippen LogP contribution in [0.1, 0.15) is 64.0 Å². The second kappa shape index (κ2) is 15.5. The molecular weight excluding hydrogens is 655 g/mol. The molecule has 1 saturated heterocycles. The summed E-state index contributed by atoms with van der Waals surface area (Å²) in [6, 6.07) is 11.2. The number of aromatic nitrogens is 2. The molecular formula is C35H42Cl2N6O5. The van der Waals surface area contributed by atoms with Crippen molar-refractivity contribution in [1.82, 2.24) is 20.2 Å². The van der Waals surface area contributed by atoms with Gasteiger partial charge < -0.3 is 25.8 Å². The largest absolute Gasteiger partial charge is 0.461 e. The third-order valence-electron chi connectivity index (χ3n) is 8.34. The Labute approximate surface area is 290 Å². The third kappa shape index (κ3) is 8.94. The Hall–Kier alpha value is -3.93. The maximum Gasteiger partial charge on any atom is 0.411 e. The maximum atomic E-state index is 13.7. The first-order chi connectivity index (χ1) is 22.9. The number of carbonyl (C=O) groups excluding carboxylic acids is 3. The van der Waals surface area contributed by atoms with Gasteiger partial charge in [-0.1, -0.05) is 47.5 Å². The molecule has 0 bridgehead atoms. The van der Waals surface area contributed by atoms with Gasteiger partial charge in [-0.3, -0.25) is 9.69 Å². The molecule has 2 heterocycles. The lowest BCUT2D eigenvalue weighted by atomic mass is 9.95. The number of anilines is 2. The predicted molar refractivity (Wildman–Crippen MR) is 186 cm³/mol. The summed E-state index contributed by atoms with van der Waals surface area (Å²) in [7, 11) is 0. The molecule has 1 saturated carbocycles. The minimum Gasteiger partial charge on any atom is -0.461 e. The van der Waals surface area contributed by atoms with Crippen LogP contribution in [0.2, 0.25) is 10.0 Å². The van der Waals surface area contributed by atoms with Gasteiger partial charge in [-0.2, -0.15) is 0 Å². The summed E-state index contributed by atoms with van der Waals surface area (Å²) in [4.78, 5) is 50.2. The number of ketones is 1. The van der Waals surface area contributed by atoms with Gasteiger partial charge in [0.25, 0.3) is 0 Å². The van der Waals surface area contributed by atoms with Gasteiger partial charge in [0.15, 0.2) is 23.5 Å². The number of esters is 1. The Kier molecular flexibility index (Phi) is 11.4. The summed E-state index contributed by atoms with van der Waals surface area (Å²) in [6.45, 7) is 6.21. The zero-order valence-electron chi connectivity index (χ0n) is 27.4. The van der Waals surface area contributed by atoms with E-state index < -0.39 is 29.7 Å². The van der Waals surface area contributed by atoms with E-state index in [1.807, 2.05) is 24.3 Å². The van der Waals surface area contributed by atoms with Crippen LogP contribution in [-0.2, 0) is 32.0 Å². The van der Waals surface area contributed by atoms with Gasteiger partial charge in [0.05, 0.1) is 17.9 Å². The number of amides is 1. The molecule has 2 fully saturated rings. The van der Waals surface area contributed by atoms with Crippen molar-refractivity contribution >= 4 is 52.7 Å². The number of nitrogens with one attached hydrogen (secondary N) is 2. The van der Waals surface area contributed by atoms with Gasteiger partial charge in [-0.25, -0.2) is 19.6 Å². The number of ether oxygens (including phenoxy) is 2. The van der Waals surface area contributed by atoms with E-state index in [1.54, 1.807) is 45.2 Å². The molecule has 3 aromatic rings. The van der Waals surface area contributed by atoms with Crippen molar-refractivity contribution in [2.75, 3.05) is 24.1 Å². The third-order valence-corrected chi connectivity index (χ3v) is 9.05. The topological polar surface area (TPSA) is 149 Å². The van der Waals surface area contributed by atoms with Crippen LogP contribution in [0.3, 0.4) is 0 Å². The quantitative estimate of drug-likeness (QED) is 0.165. The van der Waals surface area contributed by atoms with Gasteiger partial charge in [0.1, 0.15) is 11.7 Å². The lowest BCUT2D eigenvalue weighted by Gasteiger charge is -2.38.